The van der Waals surface area contributed by atoms with Crippen LogP contribution in [0.5, 0.6) is 0 Å². The lowest BCUT2D eigenvalue weighted by Gasteiger charge is -2.55. The van der Waals surface area contributed by atoms with E-state index in [4.69, 9.17) is 0 Å². The minimum Gasteiger partial charge on any atom is -0.368 e. The van der Waals surface area contributed by atoms with E-state index < -0.39 is 54.4 Å². The van der Waals surface area contributed by atoms with E-state index in [1.807, 2.05) is 30.3 Å². The van der Waals surface area contributed by atoms with Crippen molar-refractivity contribution in [2.75, 3.05) is 19.6 Å². The maximum atomic E-state index is 14.4. The maximum Gasteiger partial charge on any atom is 0.334 e. The molecule has 2 aromatic carbocycles. The number of piperazine rings is 1. The Morgan fingerprint density at radius 3 is 2.51 bits per heavy atom. The van der Waals surface area contributed by atoms with E-state index >= 15 is 0 Å². The molecule has 0 aromatic heterocycles. The predicted molar refractivity (Wildman–Crippen MR) is 127 cm³/mol. The monoisotopic (exact) mass is 517 g/mol. The van der Waals surface area contributed by atoms with E-state index in [1.54, 1.807) is 11.9 Å². The number of carbonyl (C=O) groups is 3. The van der Waals surface area contributed by atoms with E-state index in [2.05, 4.69) is 5.32 Å². The summed E-state index contributed by atoms with van der Waals surface area (Å²) in [6, 6.07) is 10.4. The van der Waals surface area contributed by atoms with E-state index in [0.717, 1.165) is 11.6 Å². The average Bonchev–Trinajstić information content (AvgIpc) is 2.86. The average molecular weight is 518 g/mol. The smallest absolute Gasteiger partial charge is 0.334 e. The molecule has 0 spiro atoms. The summed E-state index contributed by atoms with van der Waals surface area (Å²) < 4.78 is 27.8. The summed E-state index contributed by atoms with van der Waals surface area (Å²) >= 11 is 0. The zero-order valence-electron chi connectivity index (χ0n) is 20.3. The molecular formula is C25H29F2N5O5. The number of nitrogens with one attached hydrogen (secondary N) is 1. The van der Waals surface area contributed by atoms with Gasteiger partial charge >= 0.3 is 6.03 Å². The molecule has 2 fully saturated rings. The SMILES string of the molecule is CCN1CC(=O)N2[C@@H](CC(O)O)C(=O)N(Cc3ccc(F)cc3F)C[C@@H]2N1C(=O)NCc1ccccc1. The number of benzene rings is 2. The molecule has 3 N–H and O–H groups in total. The zero-order valence-corrected chi connectivity index (χ0v) is 20.3. The zero-order chi connectivity index (χ0) is 26.7. The molecule has 12 heteroatoms. The highest BCUT2D eigenvalue weighted by atomic mass is 19.1. The number of rotatable bonds is 7. The third kappa shape index (κ3) is 5.71. The molecule has 0 unspecified atom stereocenters. The summed E-state index contributed by atoms with van der Waals surface area (Å²) in [6.07, 6.45) is -3.38. The number of hydrazine groups is 1. The predicted octanol–water partition coefficient (Wildman–Crippen LogP) is 0.993. The number of hydrogen-bond donors (Lipinski definition) is 3. The number of aliphatic hydroxyl groups is 2. The maximum absolute atomic E-state index is 14.4. The van der Waals surface area contributed by atoms with Crippen LogP contribution in [0.1, 0.15) is 24.5 Å². The first-order valence-corrected chi connectivity index (χ1v) is 12.0. The van der Waals surface area contributed by atoms with Crippen molar-refractivity contribution in [1.82, 2.24) is 25.1 Å². The topological polar surface area (TPSA) is 117 Å². The lowest BCUT2D eigenvalue weighted by atomic mass is 10.0. The van der Waals surface area contributed by atoms with Crippen LogP contribution in [0.15, 0.2) is 48.5 Å². The van der Waals surface area contributed by atoms with Gasteiger partial charge in [-0.05, 0) is 11.6 Å². The number of amides is 4. The Kier molecular flexibility index (Phi) is 8.00. The summed E-state index contributed by atoms with van der Waals surface area (Å²) in [7, 11) is 0. The molecule has 0 saturated carbocycles. The second kappa shape index (κ2) is 11.2. The minimum absolute atomic E-state index is 0.0426. The molecule has 0 aliphatic carbocycles. The first-order chi connectivity index (χ1) is 17.7. The first kappa shape index (κ1) is 26.5. The minimum atomic E-state index is -1.91. The van der Waals surface area contributed by atoms with E-state index in [9.17, 15) is 33.4 Å². The number of halogens is 2. The van der Waals surface area contributed by atoms with Gasteiger partial charge in [-0.25, -0.2) is 23.6 Å². The van der Waals surface area contributed by atoms with Crippen molar-refractivity contribution in [3.05, 3.63) is 71.3 Å². The summed E-state index contributed by atoms with van der Waals surface area (Å²) in [4.78, 5) is 42.3. The molecule has 2 heterocycles. The fourth-order valence-corrected chi connectivity index (χ4v) is 4.74. The van der Waals surface area contributed by atoms with Crippen LogP contribution < -0.4 is 5.32 Å². The molecule has 4 rings (SSSR count). The molecule has 10 nitrogen and oxygen atoms in total. The third-order valence-electron chi connectivity index (χ3n) is 6.50. The summed E-state index contributed by atoms with van der Waals surface area (Å²) in [5, 5.41) is 25.1. The highest BCUT2D eigenvalue weighted by molar-refractivity contribution is 5.91. The molecule has 2 aliphatic rings. The number of nitrogens with zero attached hydrogens (tertiary/aromatic N) is 4. The van der Waals surface area contributed by atoms with Gasteiger partial charge < -0.3 is 25.3 Å². The van der Waals surface area contributed by atoms with Crippen LogP contribution in [0, 0.1) is 11.6 Å². The quantitative estimate of drug-likeness (QED) is 0.472. The Hall–Kier alpha value is -3.61. The lowest BCUT2D eigenvalue weighted by molar-refractivity contribution is -0.195. The van der Waals surface area contributed by atoms with Gasteiger partial charge in [-0.2, -0.15) is 0 Å². The molecule has 2 aliphatic heterocycles. The number of aliphatic hydroxyl groups excluding tert-OH is 1. The van der Waals surface area contributed by atoms with Crippen molar-refractivity contribution in [2.24, 2.45) is 0 Å². The Labute approximate surface area is 212 Å². The van der Waals surface area contributed by atoms with Crippen LogP contribution in [0.4, 0.5) is 13.6 Å². The van der Waals surface area contributed by atoms with Crippen LogP contribution in [-0.2, 0) is 22.7 Å². The summed E-state index contributed by atoms with van der Waals surface area (Å²) in [5.74, 6) is -2.70. The highest BCUT2D eigenvalue weighted by Crippen LogP contribution is 2.29. The third-order valence-corrected chi connectivity index (χ3v) is 6.50. The van der Waals surface area contributed by atoms with Crippen molar-refractivity contribution in [1.29, 1.82) is 0 Å². The second-order valence-corrected chi connectivity index (χ2v) is 8.94. The Bertz CT molecular complexity index is 1150. The van der Waals surface area contributed by atoms with Gasteiger partial charge in [0.2, 0.25) is 11.8 Å². The summed E-state index contributed by atoms with van der Waals surface area (Å²) in [5.41, 5.74) is 0.901. The molecule has 2 aromatic rings. The molecular weight excluding hydrogens is 488 g/mol. The molecule has 0 bridgehead atoms. The Balaban J connectivity index is 1.65. The standard InChI is InChI=1S/C25H29F2N5O5/c1-2-30-15-22(33)31-20(11-23(34)35)24(36)29(13-17-8-9-18(26)10-19(17)27)14-21(31)32(30)25(37)28-12-16-6-4-3-5-7-16/h3-10,20-21,23,34-35H,2,11-15H2,1H3,(H,28,37)/t20-,21-/m0/s1. The lowest BCUT2D eigenvalue weighted by Crippen LogP contribution is -2.76. The van der Waals surface area contributed by atoms with Crippen molar-refractivity contribution in [2.45, 2.75) is 44.9 Å². The fraction of sp³-hybridized carbons (Fsp3) is 0.400. The van der Waals surface area contributed by atoms with Crippen LogP contribution in [0.2, 0.25) is 0 Å². The Morgan fingerprint density at radius 2 is 1.86 bits per heavy atom. The normalized spacial score (nSPS) is 20.4. The fourth-order valence-electron chi connectivity index (χ4n) is 4.74. The van der Waals surface area contributed by atoms with Crippen molar-refractivity contribution in [3.8, 4) is 0 Å². The number of likely N-dealkylation sites (N-methyl/N-ethyl adjacent to an activating group) is 1. The molecule has 0 radical (unpaired) electrons. The first-order valence-electron chi connectivity index (χ1n) is 12.0. The van der Waals surface area contributed by atoms with E-state index in [0.29, 0.717) is 12.6 Å². The van der Waals surface area contributed by atoms with Gasteiger partial charge in [0, 0.05) is 37.7 Å². The number of fused-ring (bicyclic) bond motifs is 1. The van der Waals surface area contributed by atoms with Crippen LogP contribution in [0.3, 0.4) is 0 Å². The van der Waals surface area contributed by atoms with Gasteiger partial charge in [-0.1, -0.05) is 43.3 Å². The van der Waals surface area contributed by atoms with Gasteiger partial charge in [-0.15, -0.1) is 0 Å². The highest BCUT2D eigenvalue weighted by Gasteiger charge is 2.51. The van der Waals surface area contributed by atoms with Gasteiger partial charge in [-0.3, -0.25) is 9.59 Å². The molecule has 2 atom stereocenters. The summed E-state index contributed by atoms with van der Waals surface area (Å²) in [6.45, 7) is 1.69. The van der Waals surface area contributed by atoms with Crippen molar-refractivity contribution >= 4 is 17.8 Å². The van der Waals surface area contributed by atoms with Crippen LogP contribution in [-0.4, -0.2) is 86.0 Å². The van der Waals surface area contributed by atoms with E-state index in [-0.39, 0.29) is 31.7 Å². The van der Waals surface area contributed by atoms with Crippen molar-refractivity contribution < 1.29 is 33.4 Å². The molecule has 4 amide bonds. The number of urea groups is 1. The Morgan fingerprint density at radius 1 is 1.14 bits per heavy atom. The number of carbonyl (C=O) groups excluding carboxylic acids is 3. The van der Waals surface area contributed by atoms with E-state index in [1.165, 1.54) is 20.9 Å². The molecule has 198 valence electrons. The number of hydrogen-bond acceptors (Lipinski definition) is 6. The van der Waals surface area contributed by atoms with Gasteiger partial charge in [0.25, 0.3) is 0 Å². The largest absolute Gasteiger partial charge is 0.368 e. The van der Waals surface area contributed by atoms with Gasteiger partial charge in [0.15, 0.2) is 6.29 Å². The van der Waals surface area contributed by atoms with Gasteiger partial charge in [0.1, 0.15) is 23.8 Å². The van der Waals surface area contributed by atoms with Gasteiger partial charge in [0.05, 0.1) is 13.1 Å². The van der Waals surface area contributed by atoms with Crippen LogP contribution >= 0.6 is 0 Å². The molecule has 37 heavy (non-hydrogen) atoms. The van der Waals surface area contributed by atoms with Crippen molar-refractivity contribution in [3.63, 3.8) is 0 Å². The van der Waals surface area contributed by atoms with Crippen LogP contribution in [0.25, 0.3) is 0 Å². The second-order valence-electron chi connectivity index (χ2n) is 8.94. The molecule has 2 saturated heterocycles.